The van der Waals surface area contributed by atoms with E-state index in [1.54, 1.807) is 5.38 Å². The van der Waals surface area contributed by atoms with Crippen LogP contribution in [0.15, 0.2) is 23.8 Å². The second-order valence-electron chi connectivity index (χ2n) is 5.42. The molecule has 10 heteroatoms. The molecule has 2 N–H and O–H groups in total. The molecule has 2 amide bonds. The lowest BCUT2D eigenvalue weighted by molar-refractivity contribution is -0.137. The van der Waals surface area contributed by atoms with Crippen molar-refractivity contribution in [1.29, 1.82) is 0 Å². The van der Waals surface area contributed by atoms with Gasteiger partial charge in [0.1, 0.15) is 0 Å². The van der Waals surface area contributed by atoms with Crippen molar-refractivity contribution in [3.8, 4) is 0 Å². The smallest absolute Gasteiger partial charge is 0.417 e. The van der Waals surface area contributed by atoms with Gasteiger partial charge in [0.25, 0.3) is 5.91 Å². The Hall–Kier alpha value is -2.62. The van der Waals surface area contributed by atoms with E-state index in [1.807, 2.05) is 0 Å². The number of pyridine rings is 1. The number of rotatable bonds is 2. The Kier molecular flexibility index (Phi) is 4.38. The number of hydrogen-bond donors (Lipinski definition) is 2. The van der Waals surface area contributed by atoms with E-state index in [0.29, 0.717) is 18.2 Å². The van der Waals surface area contributed by atoms with Crippen LogP contribution in [0.5, 0.6) is 0 Å². The molecule has 3 heterocycles. The van der Waals surface area contributed by atoms with Crippen LogP contribution < -0.4 is 5.32 Å². The average Bonchev–Trinajstić information content (AvgIpc) is 2.97. The van der Waals surface area contributed by atoms with Gasteiger partial charge >= 0.3 is 12.3 Å². The van der Waals surface area contributed by atoms with Crippen molar-refractivity contribution in [2.75, 3.05) is 11.9 Å². The van der Waals surface area contributed by atoms with Crippen LogP contribution in [0.3, 0.4) is 0 Å². The van der Waals surface area contributed by atoms with E-state index in [0.717, 1.165) is 22.7 Å². The minimum atomic E-state index is -4.55. The van der Waals surface area contributed by atoms with Crippen molar-refractivity contribution in [2.45, 2.75) is 19.1 Å². The third-order valence-corrected chi connectivity index (χ3v) is 4.80. The van der Waals surface area contributed by atoms with Crippen LogP contribution in [0.4, 0.5) is 23.7 Å². The first-order valence-electron chi connectivity index (χ1n) is 7.16. The zero-order chi connectivity index (χ0) is 18.2. The predicted molar refractivity (Wildman–Crippen MR) is 83.7 cm³/mol. The second kappa shape index (κ2) is 6.36. The molecule has 0 radical (unpaired) electrons. The molecule has 3 rings (SSSR count). The number of carboxylic acid groups (broad SMARTS) is 1. The number of amides is 2. The summed E-state index contributed by atoms with van der Waals surface area (Å²) in [4.78, 5) is 28.9. The fraction of sp³-hybridized carbons (Fsp3) is 0.267. The van der Waals surface area contributed by atoms with Crippen molar-refractivity contribution in [3.05, 3.63) is 45.4 Å². The first-order valence-corrected chi connectivity index (χ1v) is 8.04. The molecule has 0 fully saturated rings. The summed E-state index contributed by atoms with van der Waals surface area (Å²) < 4.78 is 38.1. The molecule has 1 aliphatic heterocycles. The average molecular weight is 371 g/mol. The Balaban J connectivity index is 1.79. The molecular formula is C15H12F3N3O3S. The molecule has 0 atom stereocenters. The molecule has 25 heavy (non-hydrogen) atoms. The Morgan fingerprint density at radius 3 is 2.76 bits per heavy atom. The SMILES string of the molecule is O=C(Nc1cncc(C(F)(F)F)c1)c1csc2c1CCN(C(=O)O)C2. The molecule has 2 aromatic heterocycles. The lowest BCUT2D eigenvalue weighted by atomic mass is 10.0. The minimum Gasteiger partial charge on any atom is -0.465 e. The van der Waals surface area contributed by atoms with Crippen molar-refractivity contribution in [1.82, 2.24) is 9.88 Å². The monoisotopic (exact) mass is 371 g/mol. The topological polar surface area (TPSA) is 82.5 Å². The number of anilines is 1. The lowest BCUT2D eigenvalue weighted by Gasteiger charge is -2.24. The highest BCUT2D eigenvalue weighted by molar-refractivity contribution is 7.10. The summed E-state index contributed by atoms with van der Waals surface area (Å²) in [6.45, 7) is 0.470. The van der Waals surface area contributed by atoms with Gasteiger partial charge in [-0.1, -0.05) is 0 Å². The number of fused-ring (bicyclic) bond motifs is 1. The maximum absolute atomic E-state index is 12.7. The molecule has 1 aliphatic rings. The fourth-order valence-corrected chi connectivity index (χ4v) is 3.64. The summed E-state index contributed by atoms with van der Waals surface area (Å²) in [5, 5.41) is 13.0. The Labute approximate surface area is 143 Å². The standard InChI is InChI=1S/C15H12F3N3O3S/c16-15(17,18)8-3-9(5-19-4-8)20-13(22)11-7-25-12-6-21(14(23)24)2-1-10(11)12/h3-5,7H,1-2,6H2,(H,20,22)(H,23,24). The molecule has 6 nitrogen and oxygen atoms in total. The number of aromatic nitrogens is 1. The van der Waals surface area contributed by atoms with Gasteiger partial charge in [-0.3, -0.25) is 9.78 Å². The number of alkyl halides is 3. The maximum Gasteiger partial charge on any atom is 0.417 e. The van der Waals surface area contributed by atoms with Crippen LogP contribution in [-0.2, 0) is 19.1 Å². The first-order chi connectivity index (χ1) is 11.8. The van der Waals surface area contributed by atoms with Gasteiger partial charge in [0.2, 0.25) is 0 Å². The Morgan fingerprint density at radius 1 is 1.32 bits per heavy atom. The Morgan fingerprint density at radius 2 is 2.08 bits per heavy atom. The van der Waals surface area contributed by atoms with Gasteiger partial charge in [0, 0.05) is 23.0 Å². The molecule has 0 saturated heterocycles. The van der Waals surface area contributed by atoms with Crippen LogP contribution in [0.2, 0.25) is 0 Å². The van der Waals surface area contributed by atoms with Gasteiger partial charge in [-0.25, -0.2) is 4.79 Å². The summed E-state index contributed by atoms with van der Waals surface area (Å²) >= 11 is 1.26. The molecular weight excluding hydrogens is 359 g/mol. The first kappa shape index (κ1) is 17.2. The Bertz CT molecular complexity index is 835. The maximum atomic E-state index is 12.7. The van der Waals surface area contributed by atoms with Crippen LogP contribution in [0, 0.1) is 0 Å². The van der Waals surface area contributed by atoms with Gasteiger partial charge in [0.05, 0.1) is 29.6 Å². The number of nitrogens with zero attached hydrogens (tertiary/aromatic N) is 2. The van der Waals surface area contributed by atoms with Crippen LogP contribution in [0.25, 0.3) is 0 Å². The van der Waals surface area contributed by atoms with Gasteiger partial charge in [-0.05, 0) is 18.1 Å². The van der Waals surface area contributed by atoms with E-state index >= 15 is 0 Å². The molecule has 0 aliphatic carbocycles. The van der Waals surface area contributed by atoms with Crippen LogP contribution >= 0.6 is 11.3 Å². The van der Waals surface area contributed by atoms with Gasteiger partial charge in [-0.15, -0.1) is 11.3 Å². The number of carbonyl (C=O) groups is 2. The quantitative estimate of drug-likeness (QED) is 0.847. The zero-order valence-corrected chi connectivity index (χ0v) is 13.4. The summed E-state index contributed by atoms with van der Waals surface area (Å²) in [6, 6.07) is 0.815. The third kappa shape index (κ3) is 3.58. The van der Waals surface area contributed by atoms with Gasteiger partial charge in [-0.2, -0.15) is 13.2 Å². The van der Waals surface area contributed by atoms with E-state index < -0.39 is 23.7 Å². The minimum absolute atomic E-state index is 0.0530. The van der Waals surface area contributed by atoms with E-state index in [4.69, 9.17) is 5.11 Å². The van der Waals surface area contributed by atoms with Crippen molar-refractivity contribution in [3.63, 3.8) is 0 Å². The number of halogens is 3. The largest absolute Gasteiger partial charge is 0.465 e. The summed E-state index contributed by atoms with van der Waals surface area (Å²) in [5.74, 6) is -0.539. The van der Waals surface area contributed by atoms with Crippen molar-refractivity contribution >= 4 is 29.0 Å². The normalized spacial score (nSPS) is 14.1. The van der Waals surface area contributed by atoms with Crippen molar-refractivity contribution < 1.29 is 27.9 Å². The highest BCUT2D eigenvalue weighted by Crippen LogP contribution is 2.31. The van der Waals surface area contributed by atoms with E-state index in [-0.39, 0.29) is 18.8 Å². The number of carbonyl (C=O) groups excluding carboxylic acids is 1. The highest BCUT2D eigenvalue weighted by Gasteiger charge is 2.31. The third-order valence-electron chi connectivity index (χ3n) is 3.79. The summed E-state index contributed by atoms with van der Waals surface area (Å²) in [7, 11) is 0. The highest BCUT2D eigenvalue weighted by atomic mass is 32.1. The van der Waals surface area contributed by atoms with Gasteiger partial charge in [0.15, 0.2) is 0 Å². The van der Waals surface area contributed by atoms with Crippen LogP contribution in [-0.4, -0.2) is 33.5 Å². The zero-order valence-electron chi connectivity index (χ0n) is 12.6. The molecule has 0 spiro atoms. The second-order valence-corrected chi connectivity index (χ2v) is 6.38. The molecule has 0 saturated carbocycles. The van der Waals surface area contributed by atoms with E-state index in [9.17, 15) is 22.8 Å². The molecule has 0 unspecified atom stereocenters. The van der Waals surface area contributed by atoms with E-state index in [1.165, 1.54) is 16.2 Å². The summed E-state index contributed by atoms with van der Waals surface area (Å²) in [5.41, 5.74) is 0.0832. The number of nitrogens with one attached hydrogen (secondary N) is 1. The van der Waals surface area contributed by atoms with Crippen LogP contribution in [0.1, 0.15) is 26.4 Å². The molecule has 132 valence electrons. The number of thiophene rings is 1. The molecule has 2 aromatic rings. The van der Waals surface area contributed by atoms with Gasteiger partial charge < -0.3 is 15.3 Å². The predicted octanol–water partition coefficient (Wildman–Crippen LogP) is 3.45. The van der Waals surface area contributed by atoms with E-state index in [2.05, 4.69) is 10.3 Å². The molecule has 0 bridgehead atoms. The van der Waals surface area contributed by atoms with Crippen molar-refractivity contribution in [2.24, 2.45) is 0 Å². The number of hydrogen-bond acceptors (Lipinski definition) is 4. The summed E-state index contributed by atoms with van der Waals surface area (Å²) in [6.07, 6.45) is -3.37. The molecule has 0 aromatic carbocycles. The lowest BCUT2D eigenvalue weighted by Crippen LogP contribution is -2.34. The fourth-order valence-electron chi connectivity index (χ4n) is 2.54.